The summed E-state index contributed by atoms with van der Waals surface area (Å²) in [6.07, 6.45) is 0. The van der Waals surface area contributed by atoms with Gasteiger partial charge in [0.1, 0.15) is 0 Å². The Labute approximate surface area is 71.1 Å². The molecule has 0 unspecified atom stereocenters. The van der Waals surface area contributed by atoms with E-state index < -0.39 is 11.4 Å². The molecule has 0 saturated heterocycles. The second-order valence-electron chi connectivity index (χ2n) is 0.312. The Bertz CT molecular complexity index is 64.0. The summed E-state index contributed by atoms with van der Waals surface area (Å²) >= 11 is -2.61. The molecule has 0 aliphatic rings. The maximum absolute atomic E-state index is 8.67. The molecule has 0 amide bonds. The van der Waals surface area contributed by atoms with Crippen LogP contribution >= 0.6 is 0 Å². The topological polar surface area (TPSA) is 107 Å². The minimum absolute atomic E-state index is 0. The first-order valence-electron chi connectivity index (χ1n) is 0.914. The molecule has 0 radical (unpaired) electrons. The predicted octanol–water partition coefficient (Wildman–Crippen LogP) is -3.06. The molecule has 0 aromatic carbocycles. The van der Waals surface area contributed by atoms with E-state index in [1.54, 1.807) is 0 Å². The van der Waals surface area contributed by atoms with E-state index in [2.05, 4.69) is 0 Å². The van der Waals surface area contributed by atoms with E-state index >= 15 is 0 Å². The third-order valence-corrected chi connectivity index (χ3v) is 0. The number of rotatable bonds is 0. The molecular formula is H4NNaO5S. The third kappa shape index (κ3) is 876. The van der Waals surface area contributed by atoms with E-state index in [0.29, 0.717) is 0 Å². The van der Waals surface area contributed by atoms with Crippen LogP contribution in [0.25, 0.3) is 0 Å². The van der Waals surface area contributed by atoms with E-state index in [4.69, 9.17) is 23.4 Å². The number of nitrogens with zero attached hydrogens (tertiary/aromatic N) is 1. The van der Waals surface area contributed by atoms with Gasteiger partial charge in [-0.3, -0.25) is 9.11 Å². The molecule has 8 heavy (non-hydrogen) atoms. The summed E-state index contributed by atoms with van der Waals surface area (Å²) in [6.45, 7) is 0. The Morgan fingerprint density at radius 2 is 1.50 bits per heavy atom. The molecule has 0 aromatic heterocycles. The standard InChI is InChI=1S/HNO2.Na.H2O3S.H/c2-1-3;;1-4(2)3;/h(H,2,3);;(H2,1,2,3);/q;+1;;-1. The first kappa shape index (κ1) is 15.8. The zero-order chi connectivity index (χ0) is 6.28. The van der Waals surface area contributed by atoms with Crippen molar-refractivity contribution >= 4 is 11.4 Å². The first-order valence-corrected chi connectivity index (χ1v) is 1.98. The average molecular weight is 153 g/mol. The summed E-state index contributed by atoms with van der Waals surface area (Å²) in [7, 11) is 0. The van der Waals surface area contributed by atoms with E-state index in [0.717, 1.165) is 0 Å². The second kappa shape index (κ2) is 15.6. The zero-order valence-corrected chi connectivity index (χ0v) is 6.83. The molecule has 0 saturated carbocycles. The number of hydrogen-bond acceptors (Lipinski definition) is 3. The molecule has 0 fully saturated rings. The number of hydrogen-bond donors (Lipinski definition) is 3. The molecule has 6 nitrogen and oxygen atoms in total. The average Bonchev–Trinajstić information content (AvgIpc) is 1.33. The molecule has 3 N–H and O–H groups in total. The van der Waals surface area contributed by atoms with E-state index in [9.17, 15) is 0 Å². The van der Waals surface area contributed by atoms with Crippen LogP contribution in [0.2, 0.25) is 0 Å². The molecule has 0 aliphatic heterocycles. The van der Waals surface area contributed by atoms with Gasteiger partial charge in [-0.05, 0) is 0 Å². The van der Waals surface area contributed by atoms with Gasteiger partial charge in [0.15, 0.2) is 5.34 Å². The molecule has 8 heteroatoms. The second-order valence-corrected chi connectivity index (χ2v) is 0.774. The van der Waals surface area contributed by atoms with Crippen molar-refractivity contribution in [2.24, 2.45) is 5.34 Å². The summed E-state index contributed by atoms with van der Waals surface area (Å²) in [6, 6.07) is 0. The van der Waals surface area contributed by atoms with Crippen molar-refractivity contribution in [3.05, 3.63) is 4.91 Å². The van der Waals surface area contributed by atoms with Crippen molar-refractivity contribution in [1.82, 2.24) is 0 Å². The summed E-state index contributed by atoms with van der Waals surface area (Å²) in [4.78, 5) is 8.11. The molecule has 0 bridgehead atoms. The van der Waals surface area contributed by atoms with Gasteiger partial charge in [-0.2, -0.15) is 4.21 Å². The molecule has 46 valence electrons. The summed E-state index contributed by atoms with van der Waals surface area (Å²) in [5, 5.41) is 7.89. The molecule has 0 spiro atoms. The van der Waals surface area contributed by atoms with Crippen molar-refractivity contribution in [1.29, 1.82) is 0 Å². The Hall–Kier alpha value is 0.470. The van der Waals surface area contributed by atoms with Crippen LogP contribution < -0.4 is 29.6 Å². The quantitative estimate of drug-likeness (QED) is 0.148. The van der Waals surface area contributed by atoms with Crippen LogP contribution in [0.15, 0.2) is 5.34 Å². The van der Waals surface area contributed by atoms with Gasteiger partial charge in [-0.25, -0.2) is 0 Å². The summed E-state index contributed by atoms with van der Waals surface area (Å²) < 4.78 is 22.8. The van der Waals surface area contributed by atoms with Gasteiger partial charge in [0, 0.05) is 0 Å². The third-order valence-electron chi connectivity index (χ3n) is 0. The van der Waals surface area contributed by atoms with Gasteiger partial charge in [-0.1, -0.05) is 0 Å². The van der Waals surface area contributed by atoms with Crippen molar-refractivity contribution in [2.75, 3.05) is 0 Å². The van der Waals surface area contributed by atoms with Gasteiger partial charge < -0.3 is 6.63 Å². The SMILES string of the molecule is O=NO.O=S(O)O.[H-].[Na+]. The molecule has 0 aromatic rings. The largest absolute Gasteiger partial charge is 1.00 e. The molecule has 0 heterocycles. The van der Waals surface area contributed by atoms with E-state index in [-0.39, 0.29) is 31.0 Å². The van der Waals surface area contributed by atoms with Crippen molar-refractivity contribution in [3.8, 4) is 0 Å². The van der Waals surface area contributed by atoms with Crippen molar-refractivity contribution < 1.29 is 49.5 Å². The van der Waals surface area contributed by atoms with Crippen LogP contribution in [-0.4, -0.2) is 18.5 Å². The predicted molar refractivity (Wildman–Crippen MR) is 22.1 cm³/mol. The Balaban J connectivity index is -0.0000000233. The van der Waals surface area contributed by atoms with Crippen LogP contribution in [0.4, 0.5) is 0 Å². The summed E-state index contributed by atoms with van der Waals surface area (Å²) in [5.74, 6) is 0. The first-order chi connectivity index (χ1) is 3.15. The van der Waals surface area contributed by atoms with Crippen LogP contribution in [0.1, 0.15) is 1.43 Å². The van der Waals surface area contributed by atoms with E-state index in [1.807, 2.05) is 0 Å². The fourth-order valence-electron chi connectivity index (χ4n) is 0. The van der Waals surface area contributed by atoms with Gasteiger partial charge in [0.2, 0.25) is 0 Å². The smallest absolute Gasteiger partial charge is 1.00 e. The Morgan fingerprint density at radius 3 is 1.50 bits per heavy atom. The van der Waals surface area contributed by atoms with Gasteiger partial charge in [-0.15, -0.1) is 4.91 Å². The maximum atomic E-state index is 8.67. The van der Waals surface area contributed by atoms with Crippen LogP contribution in [-0.2, 0) is 11.4 Å². The van der Waals surface area contributed by atoms with E-state index in [1.165, 1.54) is 5.34 Å². The van der Waals surface area contributed by atoms with Crippen molar-refractivity contribution in [3.63, 3.8) is 0 Å². The normalized spacial score (nSPS) is 5.88. The Kier molecular flexibility index (Phi) is 30.9. The van der Waals surface area contributed by atoms with Crippen LogP contribution in [0.3, 0.4) is 0 Å². The maximum Gasteiger partial charge on any atom is 1.00 e. The van der Waals surface area contributed by atoms with Crippen LogP contribution in [0, 0.1) is 4.91 Å². The molecule has 0 aliphatic carbocycles. The van der Waals surface area contributed by atoms with Crippen molar-refractivity contribution in [2.45, 2.75) is 0 Å². The monoisotopic (exact) mass is 153 g/mol. The minimum Gasteiger partial charge on any atom is -1.00 e. The fourth-order valence-corrected chi connectivity index (χ4v) is 0. The molecule has 0 atom stereocenters. The summed E-state index contributed by atoms with van der Waals surface area (Å²) in [5.41, 5.74) is 0. The fraction of sp³-hybridized carbons (Fsp3) is 0. The molecular weight excluding hydrogens is 149 g/mol. The van der Waals surface area contributed by atoms with Gasteiger partial charge in [0.25, 0.3) is 11.4 Å². The van der Waals surface area contributed by atoms with Crippen LogP contribution in [0.5, 0.6) is 0 Å². The molecule has 0 rings (SSSR count). The zero-order valence-electron chi connectivity index (χ0n) is 5.01. The minimum atomic E-state index is -2.61. The van der Waals surface area contributed by atoms with Gasteiger partial charge in [0.05, 0.1) is 0 Å². The van der Waals surface area contributed by atoms with Gasteiger partial charge >= 0.3 is 29.6 Å². The Morgan fingerprint density at radius 1 is 1.50 bits per heavy atom.